The van der Waals surface area contributed by atoms with E-state index in [1.165, 1.54) is 11.4 Å². The van der Waals surface area contributed by atoms with Crippen LogP contribution in [0.15, 0.2) is 97.1 Å². The van der Waals surface area contributed by atoms with Crippen LogP contribution in [0.3, 0.4) is 0 Å². The van der Waals surface area contributed by atoms with Gasteiger partial charge in [-0.25, -0.2) is 19.9 Å². The average molecular weight is 637 g/mol. The molecule has 6 heteroatoms. The molecular formula is C42H48N6. The van der Waals surface area contributed by atoms with E-state index in [4.69, 9.17) is 19.9 Å². The van der Waals surface area contributed by atoms with E-state index < -0.39 is 0 Å². The Morgan fingerprint density at radius 2 is 0.771 bits per heavy atom. The fourth-order valence-electron chi connectivity index (χ4n) is 6.62. The lowest BCUT2D eigenvalue weighted by molar-refractivity contribution is 0.745. The van der Waals surface area contributed by atoms with E-state index >= 15 is 0 Å². The lowest BCUT2D eigenvalue weighted by Gasteiger charge is -2.24. The molecule has 246 valence electrons. The lowest BCUT2D eigenvalue weighted by atomic mass is 10.0. The van der Waals surface area contributed by atoms with Crippen molar-refractivity contribution in [1.82, 2.24) is 19.9 Å². The van der Waals surface area contributed by atoms with Crippen molar-refractivity contribution in [1.29, 1.82) is 0 Å². The third-order valence-electron chi connectivity index (χ3n) is 8.92. The Hall–Kier alpha value is -4.84. The van der Waals surface area contributed by atoms with Crippen molar-refractivity contribution >= 4 is 33.2 Å². The van der Waals surface area contributed by atoms with Gasteiger partial charge in [0.15, 0.2) is 11.6 Å². The number of fused-ring (bicyclic) bond motifs is 2. The summed E-state index contributed by atoms with van der Waals surface area (Å²) < 4.78 is 0. The van der Waals surface area contributed by atoms with Crippen LogP contribution in [0.4, 0.5) is 11.4 Å². The standard InChI is InChI=1S/C42H48N6/c1-5-27-47(28-6-2)33-21-17-31(18-22-33)41-43-37-15-11-9-13-35(37)39(45-41)25-26-40-36-14-10-12-16-38(36)44-42(46-40)32-19-23-34(24-20-32)48(29-7-3)30-8-4/h9-24H,5-8,25-30H2,1-4H3. The van der Waals surface area contributed by atoms with Gasteiger partial charge >= 0.3 is 0 Å². The second-order valence-corrected chi connectivity index (χ2v) is 12.6. The van der Waals surface area contributed by atoms with Crippen molar-refractivity contribution in [3.63, 3.8) is 0 Å². The van der Waals surface area contributed by atoms with Crippen LogP contribution < -0.4 is 9.80 Å². The minimum Gasteiger partial charge on any atom is -0.372 e. The summed E-state index contributed by atoms with van der Waals surface area (Å²) in [6.45, 7) is 13.2. The van der Waals surface area contributed by atoms with Gasteiger partial charge in [0, 0.05) is 59.5 Å². The molecule has 6 aromatic rings. The van der Waals surface area contributed by atoms with Crippen LogP contribution in [0.1, 0.15) is 64.8 Å². The zero-order chi connectivity index (χ0) is 33.3. The van der Waals surface area contributed by atoms with Crippen molar-refractivity contribution < 1.29 is 0 Å². The highest BCUT2D eigenvalue weighted by Gasteiger charge is 2.15. The molecular weight excluding hydrogens is 589 g/mol. The molecule has 0 aliphatic carbocycles. The van der Waals surface area contributed by atoms with Crippen LogP contribution in [0.2, 0.25) is 0 Å². The van der Waals surface area contributed by atoms with Crippen molar-refractivity contribution in [3.8, 4) is 22.8 Å². The van der Waals surface area contributed by atoms with E-state index in [-0.39, 0.29) is 0 Å². The zero-order valence-corrected chi connectivity index (χ0v) is 29.0. The van der Waals surface area contributed by atoms with Crippen LogP contribution in [-0.4, -0.2) is 46.1 Å². The van der Waals surface area contributed by atoms with E-state index in [1.54, 1.807) is 0 Å². The van der Waals surface area contributed by atoms with Gasteiger partial charge in [-0.05, 0) is 99.2 Å². The minimum absolute atomic E-state index is 0.747. The summed E-state index contributed by atoms with van der Waals surface area (Å²) in [4.78, 5) is 25.3. The summed E-state index contributed by atoms with van der Waals surface area (Å²) in [6.07, 6.45) is 6.01. The normalized spacial score (nSPS) is 11.3. The van der Waals surface area contributed by atoms with E-state index in [2.05, 4.69) is 135 Å². The van der Waals surface area contributed by atoms with Gasteiger partial charge in [0.25, 0.3) is 0 Å². The van der Waals surface area contributed by atoms with Crippen molar-refractivity contribution in [2.75, 3.05) is 36.0 Å². The van der Waals surface area contributed by atoms with Gasteiger partial charge < -0.3 is 9.80 Å². The SMILES string of the molecule is CCCN(CCC)c1ccc(-c2nc(CCc3nc(-c4ccc(N(CCC)CCC)cc4)nc4ccccc34)c3ccccc3n2)cc1. The Labute approximate surface area is 285 Å². The topological polar surface area (TPSA) is 58.0 Å². The number of para-hydroxylation sites is 2. The smallest absolute Gasteiger partial charge is 0.160 e. The molecule has 0 amide bonds. The lowest BCUT2D eigenvalue weighted by Crippen LogP contribution is -2.24. The molecule has 48 heavy (non-hydrogen) atoms. The van der Waals surface area contributed by atoms with Crippen LogP contribution in [0, 0.1) is 0 Å². The summed E-state index contributed by atoms with van der Waals surface area (Å²) in [5, 5.41) is 2.18. The van der Waals surface area contributed by atoms with Crippen molar-refractivity contribution in [3.05, 3.63) is 108 Å². The van der Waals surface area contributed by atoms with Gasteiger partial charge in [-0.3, -0.25) is 0 Å². The van der Waals surface area contributed by atoms with Crippen LogP contribution >= 0.6 is 0 Å². The van der Waals surface area contributed by atoms with E-state index in [9.17, 15) is 0 Å². The molecule has 6 nitrogen and oxygen atoms in total. The molecule has 0 aliphatic rings. The number of hydrogen-bond donors (Lipinski definition) is 0. The molecule has 2 heterocycles. The Bertz CT molecular complexity index is 1780. The zero-order valence-electron chi connectivity index (χ0n) is 29.0. The number of hydrogen-bond acceptors (Lipinski definition) is 6. The summed E-state index contributed by atoms with van der Waals surface area (Å²) in [7, 11) is 0. The average Bonchev–Trinajstić information content (AvgIpc) is 3.13. The second-order valence-electron chi connectivity index (χ2n) is 12.6. The molecule has 0 radical (unpaired) electrons. The van der Waals surface area contributed by atoms with Crippen molar-refractivity contribution in [2.45, 2.75) is 66.2 Å². The Balaban J connectivity index is 1.31. The summed E-state index contributed by atoms with van der Waals surface area (Å²) in [5.41, 5.74) is 8.59. The second kappa shape index (κ2) is 15.8. The van der Waals surface area contributed by atoms with E-state index in [1.807, 2.05) is 0 Å². The number of benzene rings is 4. The molecule has 0 bridgehead atoms. The molecule has 0 saturated heterocycles. The quantitative estimate of drug-likeness (QED) is 0.112. The number of nitrogens with zero attached hydrogens (tertiary/aromatic N) is 6. The third kappa shape index (κ3) is 7.49. The predicted molar refractivity (Wildman–Crippen MR) is 203 cm³/mol. The first-order valence-corrected chi connectivity index (χ1v) is 17.8. The summed E-state index contributed by atoms with van der Waals surface area (Å²) >= 11 is 0. The maximum absolute atomic E-state index is 5.18. The molecule has 4 aromatic carbocycles. The molecule has 6 rings (SSSR count). The molecule has 0 unspecified atom stereocenters. The maximum atomic E-state index is 5.18. The monoisotopic (exact) mass is 636 g/mol. The van der Waals surface area contributed by atoms with Gasteiger partial charge in [0.2, 0.25) is 0 Å². The first kappa shape index (κ1) is 33.1. The highest BCUT2D eigenvalue weighted by molar-refractivity contribution is 5.84. The largest absolute Gasteiger partial charge is 0.372 e. The van der Waals surface area contributed by atoms with Gasteiger partial charge in [-0.15, -0.1) is 0 Å². The molecule has 0 spiro atoms. The van der Waals surface area contributed by atoms with Gasteiger partial charge in [-0.2, -0.15) is 0 Å². The molecule has 0 atom stereocenters. The molecule has 2 aromatic heterocycles. The van der Waals surface area contributed by atoms with E-state index in [0.29, 0.717) is 0 Å². The molecule has 0 aliphatic heterocycles. The van der Waals surface area contributed by atoms with Crippen LogP contribution in [0.5, 0.6) is 0 Å². The van der Waals surface area contributed by atoms with Gasteiger partial charge in [0.1, 0.15) is 0 Å². The fourth-order valence-corrected chi connectivity index (χ4v) is 6.62. The van der Waals surface area contributed by atoms with Gasteiger partial charge in [-0.1, -0.05) is 64.1 Å². The Kier molecular flexibility index (Phi) is 10.9. The summed E-state index contributed by atoms with van der Waals surface area (Å²) in [6, 6.07) is 34.2. The number of anilines is 2. The fraction of sp³-hybridized carbons (Fsp3) is 0.333. The Morgan fingerprint density at radius 3 is 1.12 bits per heavy atom. The third-order valence-corrected chi connectivity index (χ3v) is 8.92. The Morgan fingerprint density at radius 1 is 0.417 bits per heavy atom. The number of aryl methyl sites for hydroxylation is 2. The first-order valence-electron chi connectivity index (χ1n) is 17.8. The van der Waals surface area contributed by atoms with Gasteiger partial charge in [0.05, 0.1) is 22.4 Å². The summed E-state index contributed by atoms with van der Waals surface area (Å²) in [5.74, 6) is 1.53. The van der Waals surface area contributed by atoms with E-state index in [0.717, 1.165) is 121 Å². The van der Waals surface area contributed by atoms with Crippen LogP contribution in [0.25, 0.3) is 44.6 Å². The first-order chi connectivity index (χ1) is 23.6. The van der Waals surface area contributed by atoms with Crippen molar-refractivity contribution in [2.24, 2.45) is 0 Å². The molecule has 0 N–H and O–H groups in total. The highest BCUT2D eigenvalue weighted by atomic mass is 15.1. The number of rotatable bonds is 15. The molecule has 0 fully saturated rings. The molecule has 0 saturated carbocycles. The van der Waals surface area contributed by atoms with Crippen LogP contribution in [-0.2, 0) is 12.8 Å². The predicted octanol–water partition coefficient (Wildman–Crippen LogP) is 9.94. The minimum atomic E-state index is 0.747. The maximum Gasteiger partial charge on any atom is 0.160 e. The highest BCUT2D eigenvalue weighted by Crippen LogP contribution is 2.28. The number of aromatic nitrogens is 4.